The Hall–Kier alpha value is -2.20. The zero-order valence-corrected chi connectivity index (χ0v) is 10.6. The van der Waals surface area contributed by atoms with Crippen LogP contribution in [0.4, 0.5) is 5.69 Å². The van der Waals surface area contributed by atoms with Gasteiger partial charge in [-0.3, -0.25) is 4.79 Å². The molecular weight excluding hydrogens is 264 g/mol. The second kappa shape index (κ2) is 4.48. The fourth-order valence-electron chi connectivity index (χ4n) is 2.12. The molecule has 19 heavy (non-hydrogen) atoms. The van der Waals surface area contributed by atoms with Crippen LogP contribution in [0.1, 0.15) is 22.1 Å². The van der Waals surface area contributed by atoms with E-state index in [0.29, 0.717) is 16.1 Å². The third kappa shape index (κ3) is 2.11. The summed E-state index contributed by atoms with van der Waals surface area (Å²) in [7, 11) is 0. The molecule has 0 saturated heterocycles. The molecule has 1 atom stereocenters. The van der Waals surface area contributed by atoms with Crippen molar-refractivity contribution >= 4 is 23.2 Å². The number of fused-ring (bicyclic) bond motifs is 1. The molecule has 3 N–H and O–H groups in total. The number of halogens is 1. The highest BCUT2D eigenvalue weighted by Crippen LogP contribution is 2.32. The molecule has 5 heteroatoms. The topological polar surface area (TPSA) is 61.4 Å². The lowest BCUT2D eigenvalue weighted by atomic mass is 10.1. The Labute approximate surface area is 115 Å². The number of carbonyl (C=O) groups is 1. The average molecular weight is 275 g/mol. The van der Waals surface area contributed by atoms with E-state index < -0.39 is 6.17 Å². The third-order valence-corrected chi connectivity index (χ3v) is 3.28. The van der Waals surface area contributed by atoms with Crippen LogP contribution in [0.25, 0.3) is 0 Å². The van der Waals surface area contributed by atoms with Crippen molar-refractivity contribution in [3.05, 3.63) is 58.6 Å². The molecule has 0 aromatic heterocycles. The molecule has 0 spiro atoms. The van der Waals surface area contributed by atoms with E-state index in [4.69, 9.17) is 11.6 Å². The number of aromatic hydroxyl groups is 1. The van der Waals surface area contributed by atoms with Crippen molar-refractivity contribution in [2.45, 2.75) is 6.17 Å². The molecule has 0 unspecified atom stereocenters. The first-order chi connectivity index (χ1) is 9.15. The summed E-state index contributed by atoms with van der Waals surface area (Å²) in [4.78, 5) is 12.0. The monoisotopic (exact) mass is 274 g/mol. The Morgan fingerprint density at radius 1 is 1.11 bits per heavy atom. The molecule has 0 radical (unpaired) electrons. The summed E-state index contributed by atoms with van der Waals surface area (Å²) in [6.45, 7) is 0. The van der Waals surface area contributed by atoms with Gasteiger partial charge in [0, 0.05) is 16.3 Å². The van der Waals surface area contributed by atoms with E-state index in [-0.39, 0.29) is 11.7 Å². The number of rotatable bonds is 1. The van der Waals surface area contributed by atoms with E-state index in [1.165, 1.54) is 6.07 Å². The highest BCUT2D eigenvalue weighted by Gasteiger charge is 2.25. The van der Waals surface area contributed by atoms with Gasteiger partial charge in [0.05, 0.1) is 5.56 Å². The predicted octanol–water partition coefficient (Wildman–Crippen LogP) is 2.90. The third-order valence-electron chi connectivity index (χ3n) is 3.05. The summed E-state index contributed by atoms with van der Waals surface area (Å²) >= 11 is 5.92. The first kappa shape index (κ1) is 11.9. The summed E-state index contributed by atoms with van der Waals surface area (Å²) in [5.41, 5.74) is 1.85. The molecule has 1 aliphatic rings. The molecule has 1 amide bonds. The van der Waals surface area contributed by atoms with Crippen LogP contribution in [0.3, 0.4) is 0 Å². The van der Waals surface area contributed by atoms with Crippen LogP contribution in [-0.2, 0) is 0 Å². The van der Waals surface area contributed by atoms with Gasteiger partial charge in [-0.1, -0.05) is 23.7 Å². The maximum Gasteiger partial charge on any atom is 0.255 e. The maximum atomic E-state index is 12.0. The number of benzene rings is 2. The molecule has 0 saturated carbocycles. The second-order valence-corrected chi connectivity index (χ2v) is 4.74. The van der Waals surface area contributed by atoms with Crippen LogP contribution in [-0.4, -0.2) is 11.0 Å². The number of hydrogen-bond donors (Lipinski definition) is 3. The highest BCUT2D eigenvalue weighted by molar-refractivity contribution is 6.30. The fourth-order valence-corrected chi connectivity index (χ4v) is 2.30. The number of nitrogens with one attached hydrogen (secondary N) is 2. The predicted molar refractivity (Wildman–Crippen MR) is 73.4 cm³/mol. The van der Waals surface area contributed by atoms with Crippen LogP contribution >= 0.6 is 11.6 Å². The maximum absolute atomic E-state index is 12.0. The number of anilines is 1. The van der Waals surface area contributed by atoms with Crippen LogP contribution in [0.5, 0.6) is 5.75 Å². The lowest BCUT2D eigenvalue weighted by Gasteiger charge is -2.28. The van der Waals surface area contributed by atoms with Crippen LogP contribution in [0, 0.1) is 0 Å². The Balaban J connectivity index is 2.01. The average Bonchev–Trinajstić information content (AvgIpc) is 2.41. The van der Waals surface area contributed by atoms with Crippen LogP contribution in [0.2, 0.25) is 5.02 Å². The zero-order chi connectivity index (χ0) is 13.4. The van der Waals surface area contributed by atoms with Gasteiger partial charge in [-0.2, -0.15) is 0 Å². The first-order valence-corrected chi connectivity index (χ1v) is 6.18. The summed E-state index contributed by atoms with van der Waals surface area (Å²) in [6, 6.07) is 11.9. The van der Waals surface area contributed by atoms with Crippen molar-refractivity contribution in [1.29, 1.82) is 0 Å². The smallest absolute Gasteiger partial charge is 0.255 e. The zero-order valence-electron chi connectivity index (χ0n) is 9.85. The van der Waals surface area contributed by atoms with E-state index in [1.807, 2.05) is 12.1 Å². The van der Waals surface area contributed by atoms with Crippen LogP contribution < -0.4 is 10.6 Å². The lowest BCUT2D eigenvalue weighted by molar-refractivity contribution is 0.0935. The Morgan fingerprint density at radius 3 is 2.74 bits per heavy atom. The number of phenols is 1. The van der Waals surface area contributed by atoms with Crippen LogP contribution in [0.15, 0.2) is 42.5 Å². The summed E-state index contributed by atoms with van der Waals surface area (Å²) in [6.07, 6.45) is -0.499. The first-order valence-electron chi connectivity index (χ1n) is 5.80. The van der Waals surface area contributed by atoms with Crippen molar-refractivity contribution in [3.63, 3.8) is 0 Å². The number of phenolic OH excluding ortho intramolecular Hbond substituents is 1. The number of hydrogen-bond acceptors (Lipinski definition) is 3. The molecule has 0 fully saturated rings. The minimum atomic E-state index is -0.499. The minimum Gasteiger partial charge on any atom is -0.508 e. The molecule has 0 aliphatic carbocycles. The van der Waals surface area contributed by atoms with Crippen molar-refractivity contribution in [2.24, 2.45) is 0 Å². The molecule has 4 nitrogen and oxygen atoms in total. The Bertz CT molecular complexity index is 658. The van der Waals surface area contributed by atoms with Crippen molar-refractivity contribution in [1.82, 2.24) is 5.32 Å². The standard InChI is InChI=1S/C14H11ClN2O2/c15-8-5-6-12(18)10(7-8)13-16-11-4-2-1-3-9(11)14(19)17-13/h1-7,13,16,18H,(H,17,19)/t13-/m0/s1. The van der Waals surface area contributed by atoms with Gasteiger partial charge in [-0.15, -0.1) is 0 Å². The normalized spacial score (nSPS) is 17.3. The van der Waals surface area contributed by atoms with Crippen molar-refractivity contribution < 1.29 is 9.90 Å². The summed E-state index contributed by atoms with van der Waals surface area (Å²) < 4.78 is 0. The van der Waals surface area contributed by atoms with Gasteiger partial charge in [0.25, 0.3) is 5.91 Å². The van der Waals surface area contributed by atoms with Gasteiger partial charge in [-0.05, 0) is 30.3 Å². The van der Waals surface area contributed by atoms with Gasteiger partial charge in [0.15, 0.2) is 0 Å². The molecule has 0 bridgehead atoms. The minimum absolute atomic E-state index is 0.0848. The molecule has 3 rings (SSSR count). The summed E-state index contributed by atoms with van der Waals surface area (Å²) in [5.74, 6) is -0.0969. The molecule has 1 aliphatic heterocycles. The number of para-hydroxylation sites is 1. The van der Waals surface area contributed by atoms with Gasteiger partial charge in [-0.25, -0.2) is 0 Å². The van der Waals surface area contributed by atoms with Crippen molar-refractivity contribution in [3.8, 4) is 5.75 Å². The van der Waals surface area contributed by atoms with Crippen molar-refractivity contribution in [2.75, 3.05) is 5.32 Å². The number of carbonyl (C=O) groups excluding carboxylic acids is 1. The van der Waals surface area contributed by atoms with Gasteiger partial charge in [0.1, 0.15) is 11.9 Å². The summed E-state index contributed by atoms with van der Waals surface area (Å²) in [5, 5.41) is 16.3. The van der Waals surface area contributed by atoms with E-state index >= 15 is 0 Å². The molecule has 1 heterocycles. The second-order valence-electron chi connectivity index (χ2n) is 4.30. The molecular formula is C14H11ClN2O2. The fraction of sp³-hybridized carbons (Fsp3) is 0.0714. The molecule has 96 valence electrons. The molecule has 2 aromatic rings. The highest BCUT2D eigenvalue weighted by atomic mass is 35.5. The Morgan fingerprint density at radius 2 is 1.89 bits per heavy atom. The Kier molecular flexibility index (Phi) is 2.80. The van der Waals surface area contributed by atoms with Gasteiger partial charge >= 0.3 is 0 Å². The van der Waals surface area contributed by atoms with E-state index in [0.717, 1.165) is 5.69 Å². The molecule has 2 aromatic carbocycles. The van der Waals surface area contributed by atoms with Gasteiger partial charge < -0.3 is 15.7 Å². The van der Waals surface area contributed by atoms with E-state index in [2.05, 4.69) is 10.6 Å². The van der Waals surface area contributed by atoms with E-state index in [9.17, 15) is 9.90 Å². The largest absolute Gasteiger partial charge is 0.508 e. The lowest BCUT2D eigenvalue weighted by Crippen LogP contribution is -2.38. The SMILES string of the molecule is O=C1N[C@@H](c2cc(Cl)ccc2O)Nc2ccccc21. The van der Waals surface area contributed by atoms with Gasteiger partial charge in [0.2, 0.25) is 0 Å². The van der Waals surface area contributed by atoms with E-state index in [1.54, 1.807) is 24.3 Å². The number of amides is 1. The quantitative estimate of drug-likeness (QED) is 0.749.